The minimum atomic E-state index is 1.10. The summed E-state index contributed by atoms with van der Waals surface area (Å²) in [5, 5.41) is 10.1. The Morgan fingerprint density at radius 2 is 0.758 bits per heavy atom. The highest BCUT2D eigenvalue weighted by Gasteiger charge is 2.20. The van der Waals surface area contributed by atoms with E-state index in [-0.39, 0.29) is 0 Å². The van der Waals surface area contributed by atoms with Gasteiger partial charge in [-0.25, -0.2) is 0 Å². The summed E-state index contributed by atoms with van der Waals surface area (Å²) in [6, 6.07) is 86.8. The number of fused-ring (bicyclic) bond motifs is 7. The largest absolute Gasteiger partial charge is 0.310 e. The number of hydrogen-bond donors (Lipinski definition) is 0. The minimum absolute atomic E-state index is 1.10. The highest BCUT2D eigenvalue weighted by atomic mass is 32.1. The van der Waals surface area contributed by atoms with Crippen LogP contribution in [0.3, 0.4) is 0 Å². The molecule has 62 heavy (non-hydrogen) atoms. The molecule has 0 atom stereocenters. The van der Waals surface area contributed by atoms with Crippen molar-refractivity contribution in [3.05, 3.63) is 237 Å². The smallest absolute Gasteiger partial charge is 0.0476 e. The average molecular weight is 806 g/mol. The first-order valence-electron chi connectivity index (χ1n) is 21.2. The number of benzene rings is 11. The Balaban J connectivity index is 1.06. The highest BCUT2D eigenvalue weighted by Crippen LogP contribution is 2.47. The normalized spacial score (nSPS) is 11.5. The van der Waals surface area contributed by atoms with Crippen LogP contribution in [0.1, 0.15) is 0 Å². The molecule has 0 spiro atoms. The van der Waals surface area contributed by atoms with Gasteiger partial charge in [0.05, 0.1) is 0 Å². The van der Waals surface area contributed by atoms with Crippen molar-refractivity contribution < 1.29 is 0 Å². The zero-order valence-electron chi connectivity index (χ0n) is 33.9. The second-order valence-electron chi connectivity index (χ2n) is 16.0. The van der Waals surface area contributed by atoms with Crippen LogP contribution in [-0.4, -0.2) is 0 Å². The summed E-state index contributed by atoms with van der Waals surface area (Å²) < 4.78 is 2.58. The lowest BCUT2D eigenvalue weighted by atomic mass is 9.84. The van der Waals surface area contributed by atoms with Gasteiger partial charge >= 0.3 is 0 Å². The van der Waals surface area contributed by atoms with E-state index in [2.05, 4.69) is 241 Å². The Morgan fingerprint density at radius 1 is 0.258 bits per heavy atom. The topological polar surface area (TPSA) is 3.24 Å². The first-order valence-corrected chi connectivity index (χ1v) is 22.1. The Labute approximate surface area is 365 Å². The van der Waals surface area contributed by atoms with Gasteiger partial charge in [-0.15, -0.1) is 11.3 Å². The average Bonchev–Trinajstić information content (AvgIpc) is 3.72. The second-order valence-corrected chi connectivity index (χ2v) is 17.1. The third kappa shape index (κ3) is 6.15. The third-order valence-electron chi connectivity index (χ3n) is 12.4. The fourth-order valence-electron chi connectivity index (χ4n) is 9.60. The number of hydrogen-bond acceptors (Lipinski definition) is 2. The predicted molar refractivity (Wildman–Crippen MR) is 268 cm³/mol. The molecule has 0 radical (unpaired) electrons. The van der Waals surface area contributed by atoms with Crippen LogP contribution >= 0.6 is 11.3 Å². The summed E-state index contributed by atoms with van der Waals surface area (Å²) in [7, 11) is 0. The Bertz CT molecular complexity index is 3630. The van der Waals surface area contributed by atoms with Gasteiger partial charge in [0.15, 0.2) is 0 Å². The van der Waals surface area contributed by atoms with Gasteiger partial charge in [-0.2, -0.15) is 0 Å². The van der Waals surface area contributed by atoms with Gasteiger partial charge in [0, 0.05) is 37.2 Å². The lowest BCUT2D eigenvalue weighted by Gasteiger charge is -2.27. The number of rotatable bonds is 7. The number of nitrogens with zero attached hydrogens (tertiary/aromatic N) is 1. The van der Waals surface area contributed by atoms with E-state index in [0.717, 1.165) is 22.6 Å². The summed E-state index contributed by atoms with van der Waals surface area (Å²) in [5.41, 5.74) is 13.0. The van der Waals surface area contributed by atoms with Gasteiger partial charge in [0.1, 0.15) is 0 Å². The predicted octanol–water partition coefficient (Wildman–Crippen LogP) is 17.7. The van der Waals surface area contributed by atoms with Crippen LogP contribution in [0.15, 0.2) is 237 Å². The molecule has 1 nitrogen and oxygen atoms in total. The Hall–Kier alpha value is -7.78. The van der Waals surface area contributed by atoms with E-state index in [1.807, 2.05) is 11.3 Å². The van der Waals surface area contributed by atoms with E-state index in [1.165, 1.54) is 91.4 Å². The summed E-state index contributed by atoms with van der Waals surface area (Å²) in [5.74, 6) is 0. The number of anilines is 3. The Morgan fingerprint density at radius 3 is 1.53 bits per heavy atom. The van der Waals surface area contributed by atoms with Crippen LogP contribution in [0.2, 0.25) is 0 Å². The monoisotopic (exact) mass is 805 g/mol. The molecule has 0 N–H and O–H groups in total. The van der Waals surface area contributed by atoms with Crippen LogP contribution in [0.25, 0.3) is 97.0 Å². The quantitative estimate of drug-likeness (QED) is 0.145. The lowest BCUT2D eigenvalue weighted by molar-refractivity contribution is 1.29. The standard InChI is InChI=1S/C60H39NS/c1-3-17-41(18-4-1)59-55-29-10-9-27-51(55)52-34-32-44(38-56(52)60(59)42-19-5-2-6-20-42)43-22-13-24-46(36-43)61(48-33-35-54-53-28-11-12-31-57(53)62-58(54)39-48)47-25-14-23-45(37-47)50-30-15-21-40-16-7-8-26-49(40)50/h1-39H. The van der Waals surface area contributed by atoms with Crippen molar-refractivity contribution in [2.24, 2.45) is 0 Å². The molecule has 0 aliphatic carbocycles. The molecule has 0 saturated carbocycles. The molecule has 0 saturated heterocycles. The molecule has 12 aromatic rings. The summed E-state index contributed by atoms with van der Waals surface area (Å²) in [6.07, 6.45) is 0. The van der Waals surface area contributed by atoms with Crippen LogP contribution in [-0.2, 0) is 0 Å². The molecule has 0 fully saturated rings. The zero-order valence-corrected chi connectivity index (χ0v) is 34.7. The molecule has 0 bridgehead atoms. The molecule has 0 unspecified atom stereocenters. The molecular weight excluding hydrogens is 767 g/mol. The molecule has 0 aliphatic rings. The van der Waals surface area contributed by atoms with Gasteiger partial charge in [0.25, 0.3) is 0 Å². The fourth-order valence-corrected chi connectivity index (χ4v) is 10.7. The van der Waals surface area contributed by atoms with E-state index in [1.54, 1.807) is 0 Å². The highest BCUT2D eigenvalue weighted by molar-refractivity contribution is 7.25. The maximum Gasteiger partial charge on any atom is 0.0476 e. The van der Waals surface area contributed by atoms with Crippen molar-refractivity contribution in [2.75, 3.05) is 4.90 Å². The van der Waals surface area contributed by atoms with Crippen molar-refractivity contribution in [3.63, 3.8) is 0 Å². The first kappa shape index (κ1) is 36.1. The first-order chi connectivity index (χ1) is 30.7. The van der Waals surface area contributed by atoms with E-state index in [0.29, 0.717) is 0 Å². The van der Waals surface area contributed by atoms with Gasteiger partial charge in [-0.3, -0.25) is 0 Å². The fraction of sp³-hybridized carbons (Fsp3) is 0. The molecule has 12 rings (SSSR count). The molecule has 1 aromatic heterocycles. The van der Waals surface area contributed by atoms with E-state index in [4.69, 9.17) is 0 Å². The lowest BCUT2D eigenvalue weighted by Crippen LogP contribution is -2.10. The minimum Gasteiger partial charge on any atom is -0.310 e. The SMILES string of the molecule is c1ccc(-c2c(-c3ccccc3)c3cc(-c4cccc(N(c5cccc(-c6cccc7ccccc67)c5)c5ccc6c(c5)sc5ccccc56)c4)ccc3c3ccccc23)cc1. The van der Waals surface area contributed by atoms with Crippen molar-refractivity contribution in [2.45, 2.75) is 0 Å². The van der Waals surface area contributed by atoms with Gasteiger partial charge in [-0.05, 0) is 125 Å². The maximum absolute atomic E-state index is 2.43. The second kappa shape index (κ2) is 15.0. The molecule has 1 heterocycles. The van der Waals surface area contributed by atoms with Crippen LogP contribution in [0.5, 0.6) is 0 Å². The molecule has 0 aliphatic heterocycles. The van der Waals surface area contributed by atoms with Crippen molar-refractivity contribution >= 4 is 80.9 Å². The molecular formula is C60H39NS. The van der Waals surface area contributed by atoms with E-state index < -0.39 is 0 Å². The maximum atomic E-state index is 2.43. The zero-order chi connectivity index (χ0) is 41.0. The van der Waals surface area contributed by atoms with Crippen molar-refractivity contribution in [1.82, 2.24) is 0 Å². The van der Waals surface area contributed by atoms with E-state index >= 15 is 0 Å². The summed E-state index contributed by atoms with van der Waals surface area (Å²) in [4.78, 5) is 2.43. The van der Waals surface area contributed by atoms with Gasteiger partial charge < -0.3 is 4.90 Å². The number of thiophene rings is 1. The van der Waals surface area contributed by atoms with Crippen LogP contribution < -0.4 is 4.90 Å². The van der Waals surface area contributed by atoms with Crippen LogP contribution in [0.4, 0.5) is 17.1 Å². The van der Waals surface area contributed by atoms with Gasteiger partial charge in [-0.1, -0.05) is 188 Å². The Kier molecular flexibility index (Phi) is 8.76. The van der Waals surface area contributed by atoms with Gasteiger partial charge in [0.2, 0.25) is 0 Å². The van der Waals surface area contributed by atoms with Crippen molar-refractivity contribution in [3.8, 4) is 44.5 Å². The van der Waals surface area contributed by atoms with Crippen LogP contribution in [0, 0.1) is 0 Å². The molecule has 0 amide bonds. The third-order valence-corrected chi connectivity index (χ3v) is 13.5. The van der Waals surface area contributed by atoms with Crippen molar-refractivity contribution in [1.29, 1.82) is 0 Å². The molecule has 11 aromatic carbocycles. The summed E-state index contributed by atoms with van der Waals surface area (Å²) >= 11 is 1.86. The molecule has 290 valence electrons. The molecule has 2 heteroatoms. The van der Waals surface area contributed by atoms with E-state index in [9.17, 15) is 0 Å². The summed E-state index contributed by atoms with van der Waals surface area (Å²) in [6.45, 7) is 0.